The molecule has 1 aromatic carbocycles. The average molecular weight is 436 g/mol. The van der Waals surface area contributed by atoms with Gasteiger partial charge in [0, 0.05) is 24.8 Å². The lowest BCUT2D eigenvalue weighted by molar-refractivity contribution is 0.0556. The van der Waals surface area contributed by atoms with Crippen LogP contribution >= 0.6 is 0 Å². The van der Waals surface area contributed by atoms with Crippen molar-refractivity contribution in [2.75, 3.05) is 11.4 Å². The number of benzene rings is 1. The Kier molecular flexibility index (Phi) is 7.14. The molecule has 4 rings (SSSR count). The van der Waals surface area contributed by atoms with Crippen molar-refractivity contribution in [3.8, 4) is 0 Å². The normalized spacial score (nSPS) is 20.3. The number of amides is 1. The number of aromatic nitrogens is 1. The topological polar surface area (TPSA) is 45.7 Å². The molecule has 32 heavy (non-hydrogen) atoms. The van der Waals surface area contributed by atoms with Crippen LogP contribution in [0.3, 0.4) is 0 Å². The molecule has 2 aliphatic rings. The highest BCUT2D eigenvalue weighted by molar-refractivity contribution is 5.87. The molecule has 172 valence electrons. The molecule has 5 nitrogen and oxygen atoms in total. The Balaban J connectivity index is 1.52. The monoisotopic (exact) mass is 435 g/mol. The number of carbonyl (C=O) groups excluding carboxylic acids is 1. The van der Waals surface area contributed by atoms with Gasteiger partial charge in [-0.1, -0.05) is 55.7 Å². The van der Waals surface area contributed by atoms with Crippen molar-refractivity contribution in [3.05, 3.63) is 59.8 Å². The summed E-state index contributed by atoms with van der Waals surface area (Å²) in [5, 5.41) is 0. The summed E-state index contributed by atoms with van der Waals surface area (Å²) < 4.78 is 5.76. The molecule has 1 saturated heterocycles. The summed E-state index contributed by atoms with van der Waals surface area (Å²) in [7, 11) is 0. The molecule has 0 bridgehead atoms. The third kappa shape index (κ3) is 5.69. The maximum Gasteiger partial charge on any atom is 0.416 e. The third-order valence-corrected chi connectivity index (χ3v) is 6.52. The van der Waals surface area contributed by atoms with Crippen molar-refractivity contribution in [2.45, 2.75) is 89.9 Å². The standard InChI is InChI=1S/C27H37N3O2/c1-27(2,3)32-26(31)30(23-13-8-5-9-14-23)25-17-16-22(19-28-25)24-15-10-18-29(24)20-21-11-6-4-7-12-21/h4,6-7,11-12,16-17,19,23-24H,5,8-10,13-15,18,20H2,1-3H3/t24-/m1/s1. The third-order valence-electron chi connectivity index (χ3n) is 6.52. The largest absolute Gasteiger partial charge is 0.443 e. The van der Waals surface area contributed by atoms with E-state index in [1.165, 1.54) is 24.0 Å². The van der Waals surface area contributed by atoms with Crippen molar-refractivity contribution in [1.29, 1.82) is 0 Å². The number of carbonyl (C=O) groups is 1. The smallest absolute Gasteiger partial charge is 0.416 e. The Morgan fingerprint density at radius 2 is 1.78 bits per heavy atom. The van der Waals surface area contributed by atoms with Crippen molar-refractivity contribution in [1.82, 2.24) is 9.88 Å². The lowest BCUT2D eigenvalue weighted by Crippen LogP contribution is -2.45. The zero-order chi connectivity index (χ0) is 22.6. The van der Waals surface area contributed by atoms with Gasteiger partial charge >= 0.3 is 6.09 Å². The number of ether oxygens (including phenoxy) is 1. The predicted molar refractivity (Wildman–Crippen MR) is 129 cm³/mol. The van der Waals surface area contributed by atoms with Crippen molar-refractivity contribution in [2.24, 2.45) is 0 Å². The van der Waals surface area contributed by atoms with Gasteiger partial charge in [-0.05, 0) is 70.2 Å². The molecule has 1 aliphatic heterocycles. The first-order valence-electron chi connectivity index (χ1n) is 12.2. The van der Waals surface area contributed by atoms with Crippen LogP contribution in [0.25, 0.3) is 0 Å². The first-order valence-corrected chi connectivity index (χ1v) is 12.2. The van der Waals surface area contributed by atoms with Crippen LogP contribution in [0, 0.1) is 0 Å². The molecule has 2 heterocycles. The number of rotatable bonds is 5. The summed E-state index contributed by atoms with van der Waals surface area (Å²) in [4.78, 5) is 22.3. The molecular formula is C27H37N3O2. The number of pyridine rings is 1. The van der Waals surface area contributed by atoms with Crippen LogP contribution in [0.15, 0.2) is 48.7 Å². The van der Waals surface area contributed by atoms with Gasteiger partial charge in [0.05, 0.1) is 0 Å². The minimum atomic E-state index is -0.522. The molecular weight excluding hydrogens is 398 g/mol. The molecule has 1 saturated carbocycles. The van der Waals surface area contributed by atoms with Gasteiger partial charge in [0.2, 0.25) is 0 Å². The Labute approximate surface area is 192 Å². The molecule has 0 unspecified atom stereocenters. The van der Waals surface area contributed by atoms with E-state index in [0.717, 1.165) is 45.2 Å². The molecule has 1 amide bonds. The number of likely N-dealkylation sites (tertiary alicyclic amines) is 1. The fourth-order valence-electron chi connectivity index (χ4n) is 5.03. The molecule has 1 aliphatic carbocycles. The minimum Gasteiger partial charge on any atom is -0.443 e. The van der Waals surface area contributed by atoms with E-state index in [1.807, 2.05) is 37.9 Å². The molecule has 0 radical (unpaired) electrons. The van der Waals surface area contributed by atoms with E-state index >= 15 is 0 Å². The lowest BCUT2D eigenvalue weighted by Gasteiger charge is -2.35. The second kappa shape index (κ2) is 10.0. The summed E-state index contributed by atoms with van der Waals surface area (Å²) in [6.45, 7) is 7.82. The van der Waals surface area contributed by atoms with E-state index in [0.29, 0.717) is 11.9 Å². The Hall–Kier alpha value is -2.40. The summed E-state index contributed by atoms with van der Waals surface area (Å²) in [5.41, 5.74) is 2.05. The second-order valence-electron chi connectivity index (χ2n) is 10.2. The maximum absolute atomic E-state index is 13.1. The molecule has 0 spiro atoms. The van der Waals surface area contributed by atoms with Gasteiger partial charge in [0.15, 0.2) is 0 Å². The quantitative estimate of drug-likeness (QED) is 0.538. The highest BCUT2D eigenvalue weighted by Gasteiger charge is 2.32. The molecule has 0 N–H and O–H groups in total. The number of hydrogen-bond donors (Lipinski definition) is 0. The Bertz CT molecular complexity index is 870. The number of anilines is 1. The number of nitrogens with zero attached hydrogens (tertiary/aromatic N) is 3. The van der Waals surface area contributed by atoms with Crippen LogP contribution in [-0.4, -0.2) is 34.2 Å². The minimum absolute atomic E-state index is 0.165. The number of hydrogen-bond acceptors (Lipinski definition) is 4. The fraction of sp³-hybridized carbons (Fsp3) is 0.556. The summed E-state index contributed by atoms with van der Waals surface area (Å²) in [6, 6.07) is 15.4. The van der Waals surface area contributed by atoms with Gasteiger partial charge in [0.1, 0.15) is 11.4 Å². The SMILES string of the molecule is CC(C)(C)OC(=O)N(c1ccc([C@H]2CCCN2Cc2ccccc2)cn1)C1CCCCC1. The Morgan fingerprint density at radius 1 is 1.03 bits per heavy atom. The molecule has 1 atom stereocenters. The van der Waals surface area contributed by atoms with Gasteiger partial charge in [-0.2, -0.15) is 0 Å². The Morgan fingerprint density at radius 3 is 2.44 bits per heavy atom. The van der Waals surface area contributed by atoms with Crippen LogP contribution in [0.4, 0.5) is 10.6 Å². The second-order valence-corrected chi connectivity index (χ2v) is 10.2. The lowest BCUT2D eigenvalue weighted by atomic mass is 9.94. The molecule has 1 aromatic heterocycles. The maximum atomic E-state index is 13.1. The van der Waals surface area contributed by atoms with Crippen molar-refractivity contribution in [3.63, 3.8) is 0 Å². The van der Waals surface area contributed by atoms with Crippen LogP contribution < -0.4 is 4.90 Å². The van der Waals surface area contributed by atoms with E-state index in [9.17, 15) is 4.79 Å². The van der Waals surface area contributed by atoms with Crippen LogP contribution in [-0.2, 0) is 11.3 Å². The van der Waals surface area contributed by atoms with E-state index < -0.39 is 5.60 Å². The van der Waals surface area contributed by atoms with Crippen molar-refractivity contribution >= 4 is 11.9 Å². The van der Waals surface area contributed by atoms with E-state index in [4.69, 9.17) is 9.72 Å². The van der Waals surface area contributed by atoms with Gasteiger partial charge in [-0.3, -0.25) is 9.80 Å². The van der Waals surface area contributed by atoms with Gasteiger partial charge < -0.3 is 4.74 Å². The van der Waals surface area contributed by atoms with Gasteiger partial charge in [0.25, 0.3) is 0 Å². The van der Waals surface area contributed by atoms with Crippen LogP contribution in [0.5, 0.6) is 0 Å². The predicted octanol–water partition coefficient (Wildman–Crippen LogP) is 6.49. The first-order chi connectivity index (χ1) is 15.4. The average Bonchev–Trinajstić information content (AvgIpc) is 3.23. The van der Waals surface area contributed by atoms with Gasteiger partial charge in [-0.15, -0.1) is 0 Å². The molecule has 2 aromatic rings. The molecule has 5 heteroatoms. The van der Waals surface area contributed by atoms with Crippen molar-refractivity contribution < 1.29 is 9.53 Å². The van der Waals surface area contributed by atoms with E-state index in [2.05, 4.69) is 41.3 Å². The van der Waals surface area contributed by atoms with E-state index in [1.54, 1.807) is 0 Å². The summed E-state index contributed by atoms with van der Waals surface area (Å²) in [6.07, 6.45) is 9.60. The zero-order valence-electron chi connectivity index (χ0n) is 19.8. The van der Waals surface area contributed by atoms with Crippen LogP contribution in [0.2, 0.25) is 0 Å². The summed E-state index contributed by atoms with van der Waals surface area (Å²) in [5.74, 6) is 0.711. The summed E-state index contributed by atoms with van der Waals surface area (Å²) >= 11 is 0. The van der Waals surface area contributed by atoms with Crippen LogP contribution in [0.1, 0.15) is 82.9 Å². The highest BCUT2D eigenvalue weighted by atomic mass is 16.6. The fourth-order valence-corrected chi connectivity index (χ4v) is 5.03. The first kappa shape index (κ1) is 22.8. The van der Waals surface area contributed by atoms with Gasteiger partial charge in [-0.25, -0.2) is 9.78 Å². The van der Waals surface area contributed by atoms with E-state index in [-0.39, 0.29) is 12.1 Å². The zero-order valence-corrected chi connectivity index (χ0v) is 19.8. The highest BCUT2D eigenvalue weighted by Crippen LogP contribution is 2.34. The molecule has 2 fully saturated rings.